The molecule has 2 heteroatoms. The lowest BCUT2D eigenvalue weighted by Crippen LogP contribution is -2.25. The number of hydrogen-bond acceptors (Lipinski definition) is 1. The van der Waals surface area contributed by atoms with Crippen LogP contribution in [0.25, 0.3) is 0 Å². The number of carbonyl (C=O) groups excluding carboxylic acids is 1. The van der Waals surface area contributed by atoms with E-state index in [1.54, 1.807) is 11.1 Å². The monoisotopic (exact) mass is 197 g/mol. The van der Waals surface area contributed by atoms with Crippen molar-refractivity contribution in [1.29, 1.82) is 0 Å². The van der Waals surface area contributed by atoms with E-state index in [0.717, 1.165) is 19.4 Å². The van der Waals surface area contributed by atoms with E-state index in [0.29, 0.717) is 6.42 Å². The van der Waals surface area contributed by atoms with Crippen molar-refractivity contribution in [3.63, 3.8) is 0 Å². The summed E-state index contributed by atoms with van der Waals surface area (Å²) in [5.41, 5.74) is 0. The van der Waals surface area contributed by atoms with Crippen LogP contribution in [0.5, 0.6) is 0 Å². The Labute approximate surface area is 88.0 Å². The van der Waals surface area contributed by atoms with Gasteiger partial charge in [-0.25, -0.2) is 0 Å². The first-order chi connectivity index (χ1) is 6.76. The van der Waals surface area contributed by atoms with Gasteiger partial charge < -0.3 is 4.90 Å². The lowest BCUT2D eigenvalue weighted by atomic mass is 10.1. The van der Waals surface area contributed by atoms with Crippen LogP contribution in [0, 0.1) is 0 Å². The fraction of sp³-hybridized carbons (Fsp3) is 0.750. The van der Waals surface area contributed by atoms with E-state index in [1.165, 1.54) is 19.3 Å². The maximum absolute atomic E-state index is 11.6. The summed E-state index contributed by atoms with van der Waals surface area (Å²) in [6.07, 6.45) is 7.94. The van der Waals surface area contributed by atoms with Gasteiger partial charge in [0.05, 0.1) is 0 Å². The van der Waals surface area contributed by atoms with E-state index in [1.807, 2.05) is 0 Å². The van der Waals surface area contributed by atoms with Crippen LogP contribution >= 0.6 is 0 Å². The summed E-state index contributed by atoms with van der Waals surface area (Å²) >= 11 is 0. The Bertz CT molecular complexity index is 166. The molecule has 0 aliphatic rings. The van der Waals surface area contributed by atoms with Gasteiger partial charge in [-0.15, -0.1) is 0 Å². The smallest absolute Gasteiger partial charge is 0.226 e. The van der Waals surface area contributed by atoms with Crippen molar-refractivity contribution in [3.05, 3.63) is 12.8 Å². The van der Waals surface area contributed by atoms with Gasteiger partial charge in [0.1, 0.15) is 0 Å². The highest BCUT2D eigenvalue weighted by atomic mass is 16.2. The molecule has 0 N–H and O–H groups in total. The summed E-state index contributed by atoms with van der Waals surface area (Å²) in [6, 6.07) is 0. The first kappa shape index (κ1) is 13.2. The zero-order valence-electron chi connectivity index (χ0n) is 9.59. The molecule has 0 radical (unpaired) electrons. The van der Waals surface area contributed by atoms with E-state index in [2.05, 4.69) is 20.4 Å². The fourth-order valence-corrected chi connectivity index (χ4v) is 1.41. The Morgan fingerprint density at radius 3 is 2.43 bits per heavy atom. The van der Waals surface area contributed by atoms with Crippen LogP contribution in [-0.2, 0) is 4.79 Å². The van der Waals surface area contributed by atoms with Gasteiger partial charge in [-0.2, -0.15) is 0 Å². The summed E-state index contributed by atoms with van der Waals surface area (Å²) in [5, 5.41) is 0. The molecule has 2 nitrogen and oxygen atoms in total. The predicted molar refractivity (Wildman–Crippen MR) is 61.0 cm³/mol. The zero-order valence-corrected chi connectivity index (χ0v) is 9.59. The van der Waals surface area contributed by atoms with Gasteiger partial charge in [-0.05, 0) is 19.0 Å². The van der Waals surface area contributed by atoms with Crippen molar-refractivity contribution in [1.82, 2.24) is 4.90 Å². The summed E-state index contributed by atoms with van der Waals surface area (Å²) in [6.45, 7) is 8.70. The van der Waals surface area contributed by atoms with Gasteiger partial charge in [0.25, 0.3) is 0 Å². The summed E-state index contributed by atoms with van der Waals surface area (Å²) in [5.74, 6) is 0.220. The number of carbonyl (C=O) groups is 1. The molecule has 14 heavy (non-hydrogen) atoms. The summed E-state index contributed by atoms with van der Waals surface area (Å²) in [7, 11) is 0. The molecule has 0 fully saturated rings. The lowest BCUT2D eigenvalue weighted by Gasteiger charge is -2.16. The number of nitrogens with zero attached hydrogens (tertiary/aromatic N) is 1. The first-order valence-corrected chi connectivity index (χ1v) is 5.68. The molecule has 0 spiro atoms. The molecule has 1 amide bonds. The molecule has 0 aromatic heterocycles. The number of unbranched alkanes of at least 4 members (excludes halogenated alkanes) is 3. The molecule has 0 atom stereocenters. The van der Waals surface area contributed by atoms with Crippen molar-refractivity contribution in [2.75, 3.05) is 6.54 Å². The predicted octanol–water partition coefficient (Wildman–Crippen LogP) is 3.34. The van der Waals surface area contributed by atoms with Gasteiger partial charge in [-0.3, -0.25) is 4.79 Å². The average Bonchev–Trinajstić information content (AvgIpc) is 2.20. The highest BCUT2D eigenvalue weighted by molar-refractivity contribution is 5.77. The fourth-order valence-electron chi connectivity index (χ4n) is 1.41. The van der Waals surface area contributed by atoms with Crippen molar-refractivity contribution in [2.24, 2.45) is 0 Å². The van der Waals surface area contributed by atoms with E-state index in [4.69, 9.17) is 0 Å². The molecule has 0 aliphatic carbocycles. The van der Waals surface area contributed by atoms with Gasteiger partial charge in [0.15, 0.2) is 0 Å². The molecule has 0 saturated carbocycles. The molecule has 82 valence electrons. The third-order valence-electron chi connectivity index (χ3n) is 2.25. The standard InChI is InChI=1S/C12H23NO/c1-4-7-8-9-10-12(14)13(6-3)11-5-2/h6H,3-5,7-11H2,1-2H3. The SMILES string of the molecule is C=CN(CCC)C(=O)CCCCCC. The van der Waals surface area contributed by atoms with Crippen LogP contribution in [0.4, 0.5) is 0 Å². The minimum absolute atomic E-state index is 0.220. The molecule has 0 rings (SSSR count). The molecule has 0 unspecified atom stereocenters. The maximum atomic E-state index is 11.6. The molecule has 0 saturated heterocycles. The quantitative estimate of drug-likeness (QED) is 0.546. The summed E-state index contributed by atoms with van der Waals surface area (Å²) < 4.78 is 0. The summed E-state index contributed by atoms with van der Waals surface area (Å²) in [4.78, 5) is 13.3. The Morgan fingerprint density at radius 1 is 1.21 bits per heavy atom. The van der Waals surface area contributed by atoms with Crippen molar-refractivity contribution in [2.45, 2.75) is 52.4 Å². The highest BCUT2D eigenvalue weighted by Crippen LogP contribution is 2.05. The Hall–Kier alpha value is -0.790. The third kappa shape index (κ3) is 5.79. The van der Waals surface area contributed by atoms with Crippen LogP contribution in [0.3, 0.4) is 0 Å². The maximum Gasteiger partial charge on any atom is 0.226 e. The molecule has 0 aromatic carbocycles. The largest absolute Gasteiger partial charge is 0.320 e. The minimum Gasteiger partial charge on any atom is -0.320 e. The van der Waals surface area contributed by atoms with Crippen LogP contribution in [0.1, 0.15) is 52.4 Å². The van der Waals surface area contributed by atoms with Crippen LogP contribution < -0.4 is 0 Å². The normalized spacial score (nSPS) is 9.86. The highest BCUT2D eigenvalue weighted by Gasteiger charge is 2.07. The van der Waals surface area contributed by atoms with Crippen molar-refractivity contribution in [3.8, 4) is 0 Å². The first-order valence-electron chi connectivity index (χ1n) is 5.68. The number of rotatable bonds is 8. The second-order valence-electron chi connectivity index (χ2n) is 3.58. The van der Waals surface area contributed by atoms with E-state index >= 15 is 0 Å². The molecule has 0 aliphatic heterocycles. The van der Waals surface area contributed by atoms with Crippen molar-refractivity contribution >= 4 is 5.91 Å². The Kier molecular flexibility index (Phi) is 8.30. The lowest BCUT2D eigenvalue weighted by molar-refractivity contribution is -0.128. The topological polar surface area (TPSA) is 20.3 Å². The van der Waals surface area contributed by atoms with Gasteiger partial charge in [0, 0.05) is 13.0 Å². The van der Waals surface area contributed by atoms with Gasteiger partial charge >= 0.3 is 0 Å². The molecule has 0 aromatic rings. The third-order valence-corrected chi connectivity index (χ3v) is 2.25. The second-order valence-corrected chi connectivity index (χ2v) is 3.58. The Morgan fingerprint density at radius 2 is 1.93 bits per heavy atom. The van der Waals surface area contributed by atoms with Crippen LogP contribution in [0.15, 0.2) is 12.8 Å². The van der Waals surface area contributed by atoms with Crippen LogP contribution in [0.2, 0.25) is 0 Å². The van der Waals surface area contributed by atoms with Crippen molar-refractivity contribution < 1.29 is 4.79 Å². The van der Waals surface area contributed by atoms with E-state index < -0.39 is 0 Å². The number of hydrogen-bond donors (Lipinski definition) is 0. The van der Waals surface area contributed by atoms with Gasteiger partial charge in [0.2, 0.25) is 5.91 Å². The van der Waals surface area contributed by atoms with Crippen LogP contribution in [-0.4, -0.2) is 17.4 Å². The Balaban J connectivity index is 3.64. The molecular weight excluding hydrogens is 174 g/mol. The second kappa shape index (κ2) is 8.79. The average molecular weight is 197 g/mol. The number of amides is 1. The van der Waals surface area contributed by atoms with E-state index in [9.17, 15) is 4.79 Å². The van der Waals surface area contributed by atoms with E-state index in [-0.39, 0.29) is 5.91 Å². The zero-order chi connectivity index (χ0) is 10.8. The molecule has 0 heterocycles. The molecule has 0 bridgehead atoms. The minimum atomic E-state index is 0.220. The molecular formula is C12H23NO. The van der Waals surface area contributed by atoms with Gasteiger partial charge in [-0.1, -0.05) is 39.7 Å².